The minimum absolute atomic E-state index is 0.111. The number of carbonyl (C=O) groups excluding carboxylic acids is 2. The number of nitrogens with zero attached hydrogens (tertiary/aromatic N) is 1. The van der Waals surface area contributed by atoms with Crippen LogP contribution in [0.5, 0.6) is 17.2 Å². The molecule has 0 aliphatic carbocycles. The molecule has 0 atom stereocenters. The van der Waals surface area contributed by atoms with Crippen LogP contribution >= 0.6 is 0 Å². The summed E-state index contributed by atoms with van der Waals surface area (Å²) in [5, 5.41) is 15.7. The topological polar surface area (TPSA) is 106 Å². The van der Waals surface area contributed by atoms with Crippen LogP contribution in [0.15, 0.2) is 59.7 Å². The van der Waals surface area contributed by atoms with Crippen LogP contribution in [0.2, 0.25) is 0 Å². The van der Waals surface area contributed by atoms with E-state index in [4.69, 9.17) is 9.47 Å². The first-order valence-corrected chi connectivity index (χ1v) is 8.51. The Labute approximate surface area is 166 Å². The highest BCUT2D eigenvalue weighted by Crippen LogP contribution is 2.28. The van der Waals surface area contributed by atoms with Gasteiger partial charge in [0.1, 0.15) is 5.75 Å². The molecule has 0 saturated heterocycles. The summed E-state index contributed by atoms with van der Waals surface area (Å²) in [6.07, 6.45) is 0.521. The molecule has 3 aromatic carbocycles. The van der Waals surface area contributed by atoms with E-state index in [-0.39, 0.29) is 22.8 Å². The van der Waals surface area contributed by atoms with Crippen molar-refractivity contribution in [3.8, 4) is 17.2 Å². The quantitative estimate of drug-likeness (QED) is 0.297. The second-order valence-corrected chi connectivity index (χ2v) is 5.88. The smallest absolute Gasteiger partial charge is 0.507 e. The Balaban J connectivity index is 1.73. The molecule has 0 fully saturated rings. The average molecular weight is 394 g/mol. The first kappa shape index (κ1) is 19.7. The lowest BCUT2D eigenvalue weighted by Gasteiger charge is -2.08. The number of carbonyl (C=O) groups is 2. The molecule has 0 aliphatic rings. The standard InChI is InChI=1S/C21H18N2O6/c1-27-19-9-13(7-8-18(19)29-21(26)28-2)12-22-23-20(25)16-10-14-5-3-4-6-15(14)11-17(16)24/h3-12,24H,1-2H3,(H,23,25). The van der Waals surface area contributed by atoms with Crippen molar-refractivity contribution in [3.63, 3.8) is 0 Å². The number of rotatable bonds is 5. The average Bonchev–Trinajstić information content (AvgIpc) is 2.73. The van der Waals surface area contributed by atoms with Crippen LogP contribution in [-0.4, -0.2) is 37.6 Å². The number of benzene rings is 3. The number of hydrazone groups is 1. The molecular formula is C21H18N2O6. The van der Waals surface area contributed by atoms with Gasteiger partial charge in [0.2, 0.25) is 0 Å². The van der Waals surface area contributed by atoms with E-state index in [1.54, 1.807) is 18.2 Å². The lowest BCUT2D eigenvalue weighted by Crippen LogP contribution is -2.17. The normalized spacial score (nSPS) is 10.7. The van der Waals surface area contributed by atoms with E-state index in [1.807, 2.05) is 24.3 Å². The zero-order valence-electron chi connectivity index (χ0n) is 15.7. The molecule has 0 aromatic heterocycles. The minimum Gasteiger partial charge on any atom is -0.507 e. The molecule has 0 aliphatic heterocycles. The maximum atomic E-state index is 12.4. The van der Waals surface area contributed by atoms with Gasteiger partial charge in [-0.3, -0.25) is 4.79 Å². The Morgan fingerprint density at radius 2 is 1.72 bits per heavy atom. The summed E-state index contributed by atoms with van der Waals surface area (Å²) in [7, 11) is 2.62. The number of hydrogen-bond acceptors (Lipinski definition) is 7. The van der Waals surface area contributed by atoms with Gasteiger partial charge in [0.25, 0.3) is 5.91 Å². The van der Waals surface area contributed by atoms with Gasteiger partial charge in [-0.25, -0.2) is 10.2 Å². The summed E-state index contributed by atoms with van der Waals surface area (Å²) in [4.78, 5) is 23.6. The molecule has 0 unspecified atom stereocenters. The van der Waals surface area contributed by atoms with Crippen molar-refractivity contribution in [3.05, 3.63) is 65.7 Å². The van der Waals surface area contributed by atoms with Gasteiger partial charge < -0.3 is 19.3 Å². The fraction of sp³-hybridized carbons (Fsp3) is 0.0952. The highest BCUT2D eigenvalue weighted by Gasteiger charge is 2.12. The molecule has 0 bridgehead atoms. The van der Waals surface area contributed by atoms with Crippen LogP contribution in [0.3, 0.4) is 0 Å². The van der Waals surface area contributed by atoms with Crippen molar-refractivity contribution in [2.75, 3.05) is 14.2 Å². The predicted molar refractivity (Wildman–Crippen MR) is 107 cm³/mol. The highest BCUT2D eigenvalue weighted by molar-refractivity contribution is 6.01. The summed E-state index contributed by atoms with van der Waals surface area (Å²) >= 11 is 0. The van der Waals surface area contributed by atoms with Gasteiger partial charge in [-0.15, -0.1) is 0 Å². The molecule has 0 spiro atoms. The number of phenols is 1. The van der Waals surface area contributed by atoms with Crippen LogP contribution in [-0.2, 0) is 4.74 Å². The zero-order chi connectivity index (χ0) is 20.8. The fourth-order valence-electron chi connectivity index (χ4n) is 2.62. The van der Waals surface area contributed by atoms with Crippen molar-refractivity contribution in [2.45, 2.75) is 0 Å². The van der Waals surface area contributed by atoms with Gasteiger partial charge in [0, 0.05) is 0 Å². The van der Waals surface area contributed by atoms with E-state index in [9.17, 15) is 14.7 Å². The van der Waals surface area contributed by atoms with E-state index in [0.717, 1.165) is 10.8 Å². The second kappa shape index (κ2) is 8.75. The van der Waals surface area contributed by atoms with Crippen LogP contribution in [0, 0.1) is 0 Å². The molecule has 29 heavy (non-hydrogen) atoms. The van der Waals surface area contributed by atoms with Crippen molar-refractivity contribution in [1.82, 2.24) is 5.43 Å². The first-order chi connectivity index (χ1) is 14.0. The largest absolute Gasteiger partial charge is 0.513 e. The Morgan fingerprint density at radius 3 is 2.41 bits per heavy atom. The van der Waals surface area contributed by atoms with E-state index < -0.39 is 12.1 Å². The Morgan fingerprint density at radius 1 is 1.00 bits per heavy atom. The van der Waals surface area contributed by atoms with Crippen molar-refractivity contribution in [1.29, 1.82) is 0 Å². The highest BCUT2D eigenvalue weighted by atomic mass is 16.7. The van der Waals surface area contributed by atoms with E-state index in [0.29, 0.717) is 5.56 Å². The van der Waals surface area contributed by atoms with E-state index in [2.05, 4.69) is 15.3 Å². The monoisotopic (exact) mass is 394 g/mol. The molecule has 0 heterocycles. The Kier molecular flexibility index (Phi) is 5.94. The van der Waals surface area contributed by atoms with Gasteiger partial charge in [0.15, 0.2) is 11.5 Å². The molecule has 0 radical (unpaired) electrons. The number of amides is 1. The zero-order valence-corrected chi connectivity index (χ0v) is 15.7. The summed E-state index contributed by atoms with van der Waals surface area (Å²) in [5.74, 6) is -0.219. The summed E-state index contributed by atoms with van der Waals surface area (Å²) in [6, 6.07) is 15.2. The van der Waals surface area contributed by atoms with Gasteiger partial charge in [0.05, 0.1) is 26.0 Å². The van der Waals surface area contributed by atoms with Gasteiger partial charge in [-0.1, -0.05) is 24.3 Å². The lowest BCUT2D eigenvalue weighted by atomic mass is 10.1. The molecule has 2 N–H and O–H groups in total. The molecule has 0 saturated carbocycles. The molecular weight excluding hydrogens is 376 g/mol. The van der Waals surface area contributed by atoms with E-state index >= 15 is 0 Å². The number of phenolic OH excluding ortho intramolecular Hbond substituents is 1. The predicted octanol–water partition coefficient (Wildman–Crippen LogP) is 3.46. The van der Waals surface area contributed by atoms with Crippen molar-refractivity contribution in [2.24, 2.45) is 5.10 Å². The van der Waals surface area contributed by atoms with Crippen molar-refractivity contribution >= 4 is 29.0 Å². The number of aromatic hydroxyl groups is 1. The molecule has 3 aromatic rings. The number of ether oxygens (including phenoxy) is 3. The maximum Gasteiger partial charge on any atom is 0.513 e. The van der Waals surface area contributed by atoms with Crippen LogP contribution in [0.25, 0.3) is 10.8 Å². The van der Waals surface area contributed by atoms with Crippen molar-refractivity contribution < 1.29 is 28.9 Å². The molecule has 1 amide bonds. The van der Waals surface area contributed by atoms with Crippen LogP contribution < -0.4 is 14.9 Å². The first-order valence-electron chi connectivity index (χ1n) is 8.51. The number of fused-ring (bicyclic) bond motifs is 1. The Hall–Kier alpha value is -4.07. The van der Waals surface area contributed by atoms with Gasteiger partial charge in [-0.2, -0.15) is 5.10 Å². The summed E-state index contributed by atoms with van der Waals surface area (Å²) in [5.41, 5.74) is 3.07. The maximum absolute atomic E-state index is 12.4. The summed E-state index contributed by atoms with van der Waals surface area (Å²) < 4.78 is 14.6. The van der Waals surface area contributed by atoms with Crippen LogP contribution in [0.4, 0.5) is 4.79 Å². The number of nitrogens with one attached hydrogen (secondary N) is 1. The minimum atomic E-state index is -0.868. The molecule has 8 heteroatoms. The third-order valence-corrected chi connectivity index (χ3v) is 4.04. The van der Waals surface area contributed by atoms with Gasteiger partial charge >= 0.3 is 6.16 Å². The van der Waals surface area contributed by atoms with Gasteiger partial charge in [-0.05, 0) is 46.7 Å². The SMILES string of the molecule is COC(=O)Oc1ccc(C=NNC(=O)c2cc3ccccc3cc2O)cc1OC. The lowest BCUT2D eigenvalue weighted by molar-refractivity contribution is 0.0952. The van der Waals surface area contributed by atoms with E-state index in [1.165, 1.54) is 32.6 Å². The molecule has 148 valence electrons. The fourth-order valence-corrected chi connectivity index (χ4v) is 2.62. The number of methoxy groups -OCH3 is 2. The van der Waals surface area contributed by atoms with Crippen LogP contribution in [0.1, 0.15) is 15.9 Å². The third-order valence-electron chi connectivity index (χ3n) is 4.04. The molecule has 3 rings (SSSR count). The third kappa shape index (κ3) is 4.62. The second-order valence-electron chi connectivity index (χ2n) is 5.88. The summed E-state index contributed by atoms with van der Waals surface area (Å²) in [6.45, 7) is 0. The Bertz CT molecular complexity index is 1090. The molecule has 8 nitrogen and oxygen atoms in total. The number of hydrogen-bond donors (Lipinski definition) is 2.